The summed E-state index contributed by atoms with van der Waals surface area (Å²) in [5.74, 6) is 0. The fourth-order valence-corrected chi connectivity index (χ4v) is 2.05. The van der Waals surface area contributed by atoms with E-state index >= 15 is 0 Å². The van der Waals surface area contributed by atoms with E-state index in [1.807, 2.05) is 11.6 Å². The van der Waals surface area contributed by atoms with Gasteiger partial charge in [0, 0.05) is 23.5 Å². The molecule has 54 valence electrons. The second-order valence-corrected chi connectivity index (χ2v) is 3.72. The zero-order chi connectivity index (χ0) is 7.03. The third kappa shape index (κ3) is 0.777. The second kappa shape index (κ2) is 2.04. The number of rotatable bonds is 2. The van der Waals surface area contributed by atoms with Crippen LogP contribution in [-0.4, -0.2) is 11.5 Å². The molecule has 0 bridgehead atoms. The number of hydrogen-bond acceptors (Lipinski definition) is 3. The molecule has 2 N–H and O–H groups in total. The number of hydrogen-bond donors (Lipinski definition) is 1. The molecular weight excluding hydrogens is 144 g/mol. The van der Waals surface area contributed by atoms with E-state index in [9.17, 15) is 0 Å². The highest BCUT2D eigenvalue weighted by atomic mass is 32.1. The minimum atomic E-state index is 0.300. The predicted octanol–water partition coefficient (Wildman–Crippen LogP) is 1.13. The first-order valence-corrected chi connectivity index (χ1v) is 4.35. The highest BCUT2D eigenvalue weighted by molar-refractivity contribution is 7.09. The third-order valence-corrected chi connectivity index (χ3v) is 3.15. The summed E-state index contributed by atoms with van der Waals surface area (Å²) in [7, 11) is 0. The van der Waals surface area contributed by atoms with Gasteiger partial charge in [-0.3, -0.25) is 0 Å². The summed E-state index contributed by atoms with van der Waals surface area (Å²) in [4.78, 5) is 4.26. The van der Waals surface area contributed by atoms with Gasteiger partial charge in [0.05, 0.1) is 5.01 Å². The molecule has 0 aliphatic heterocycles. The third-order valence-electron chi connectivity index (χ3n) is 2.13. The molecule has 0 spiro atoms. The quantitative estimate of drug-likeness (QED) is 0.693. The molecule has 0 radical (unpaired) electrons. The van der Waals surface area contributed by atoms with Gasteiger partial charge in [0.2, 0.25) is 0 Å². The molecule has 10 heavy (non-hydrogen) atoms. The first-order valence-electron chi connectivity index (χ1n) is 3.47. The van der Waals surface area contributed by atoms with Gasteiger partial charge in [-0.25, -0.2) is 4.98 Å². The Bertz CT molecular complexity index is 214. The fourth-order valence-electron chi connectivity index (χ4n) is 1.14. The molecular formula is C7H10N2S. The summed E-state index contributed by atoms with van der Waals surface area (Å²) in [6.07, 6.45) is 4.32. The molecule has 3 heteroatoms. The first-order chi connectivity index (χ1) is 4.87. The lowest BCUT2D eigenvalue weighted by molar-refractivity contribution is 0.698. The molecule has 1 aliphatic carbocycles. The average molecular weight is 154 g/mol. The summed E-state index contributed by atoms with van der Waals surface area (Å²) in [5.41, 5.74) is 5.93. The SMILES string of the molecule is NCC1(c2nccs2)CC1. The fraction of sp³-hybridized carbons (Fsp3) is 0.571. The molecule has 0 amide bonds. The van der Waals surface area contributed by atoms with E-state index in [0.29, 0.717) is 5.41 Å². The Morgan fingerprint density at radius 1 is 1.70 bits per heavy atom. The Morgan fingerprint density at radius 2 is 2.50 bits per heavy atom. The molecule has 1 saturated carbocycles. The summed E-state index contributed by atoms with van der Waals surface area (Å²) in [6, 6.07) is 0. The van der Waals surface area contributed by atoms with Crippen LogP contribution in [-0.2, 0) is 5.41 Å². The lowest BCUT2D eigenvalue weighted by atomic mass is 10.1. The van der Waals surface area contributed by atoms with E-state index < -0.39 is 0 Å². The van der Waals surface area contributed by atoms with E-state index in [-0.39, 0.29) is 0 Å². The summed E-state index contributed by atoms with van der Waals surface area (Å²) in [6.45, 7) is 0.764. The summed E-state index contributed by atoms with van der Waals surface area (Å²) < 4.78 is 0. The van der Waals surface area contributed by atoms with Crippen LogP contribution in [0.4, 0.5) is 0 Å². The van der Waals surface area contributed by atoms with Crippen LogP contribution in [0.3, 0.4) is 0 Å². The van der Waals surface area contributed by atoms with Crippen LogP contribution >= 0.6 is 11.3 Å². The zero-order valence-corrected chi connectivity index (χ0v) is 6.53. The Kier molecular flexibility index (Phi) is 1.28. The van der Waals surface area contributed by atoms with Crippen molar-refractivity contribution < 1.29 is 0 Å². The monoisotopic (exact) mass is 154 g/mol. The average Bonchev–Trinajstić information content (AvgIpc) is 2.58. The van der Waals surface area contributed by atoms with Crippen molar-refractivity contribution >= 4 is 11.3 Å². The van der Waals surface area contributed by atoms with Crippen molar-refractivity contribution in [3.8, 4) is 0 Å². The Labute approximate surface area is 64.1 Å². The van der Waals surface area contributed by atoms with Crippen molar-refractivity contribution in [1.29, 1.82) is 0 Å². The number of nitrogens with zero attached hydrogens (tertiary/aromatic N) is 1. The number of nitrogens with two attached hydrogens (primary N) is 1. The van der Waals surface area contributed by atoms with E-state index in [1.54, 1.807) is 11.3 Å². The smallest absolute Gasteiger partial charge is 0.0999 e. The lowest BCUT2D eigenvalue weighted by Crippen LogP contribution is -2.19. The van der Waals surface area contributed by atoms with E-state index in [1.165, 1.54) is 17.8 Å². The van der Waals surface area contributed by atoms with E-state index in [4.69, 9.17) is 5.73 Å². The maximum atomic E-state index is 5.63. The zero-order valence-electron chi connectivity index (χ0n) is 5.71. The number of aromatic nitrogens is 1. The maximum Gasteiger partial charge on any atom is 0.0999 e. The van der Waals surface area contributed by atoms with Gasteiger partial charge in [-0.1, -0.05) is 0 Å². The minimum absolute atomic E-state index is 0.300. The molecule has 0 atom stereocenters. The summed E-state index contributed by atoms with van der Waals surface area (Å²) in [5, 5.41) is 3.25. The van der Waals surface area contributed by atoms with Crippen LogP contribution in [0, 0.1) is 0 Å². The van der Waals surface area contributed by atoms with Crippen LogP contribution in [0.2, 0.25) is 0 Å². The molecule has 2 rings (SSSR count). The normalized spacial score (nSPS) is 20.9. The minimum Gasteiger partial charge on any atom is -0.329 e. The largest absolute Gasteiger partial charge is 0.329 e. The van der Waals surface area contributed by atoms with Gasteiger partial charge in [0.25, 0.3) is 0 Å². The standard InChI is InChI=1S/C7H10N2S/c8-5-7(1-2-7)6-9-3-4-10-6/h3-4H,1-2,5,8H2. The van der Waals surface area contributed by atoms with Crippen molar-refractivity contribution in [2.45, 2.75) is 18.3 Å². The van der Waals surface area contributed by atoms with E-state index in [0.717, 1.165) is 6.54 Å². The van der Waals surface area contributed by atoms with Crippen molar-refractivity contribution in [2.75, 3.05) is 6.54 Å². The van der Waals surface area contributed by atoms with Crippen LogP contribution in [0.25, 0.3) is 0 Å². The first kappa shape index (κ1) is 6.31. The molecule has 2 nitrogen and oxygen atoms in total. The Balaban J connectivity index is 2.27. The van der Waals surface area contributed by atoms with Gasteiger partial charge in [-0.2, -0.15) is 0 Å². The molecule has 0 aromatic carbocycles. The van der Waals surface area contributed by atoms with Gasteiger partial charge < -0.3 is 5.73 Å². The van der Waals surface area contributed by atoms with Crippen molar-refractivity contribution in [2.24, 2.45) is 5.73 Å². The van der Waals surface area contributed by atoms with Gasteiger partial charge >= 0.3 is 0 Å². The molecule has 1 aromatic rings. The van der Waals surface area contributed by atoms with Crippen molar-refractivity contribution in [1.82, 2.24) is 4.98 Å². The van der Waals surface area contributed by atoms with Crippen molar-refractivity contribution in [3.05, 3.63) is 16.6 Å². The Morgan fingerprint density at radius 3 is 2.90 bits per heavy atom. The Hall–Kier alpha value is -0.410. The molecule has 1 heterocycles. The van der Waals surface area contributed by atoms with Crippen molar-refractivity contribution in [3.63, 3.8) is 0 Å². The predicted molar refractivity (Wildman–Crippen MR) is 42.1 cm³/mol. The second-order valence-electron chi connectivity index (χ2n) is 2.82. The molecule has 1 aliphatic rings. The summed E-state index contributed by atoms with van der Waals surface area (Å²) >= 11 is 1.73. The van der Waals surface area contributed by atoms with Crippen LogP contribution in [0.5, 0.6) is 0 Å². The topological polar surface area (TPSA) is 38.9 Å². The van der Waals surface area contributed by atoms with Gasteiger partial charge in [-0.15, -0.1) is 11.3 Å². The van der Waals surface area contributed by atoms with Gasteiger partial charge in [0.15, 0.2) is 0 Å². The van der Waals surface area contributed by atoms with Crippen LogP contribution < -0.4 is 5.73 Å². The molecule has 1 aromatic heterocycles. The van der Waals surface area contributed by atoms with Crippen LogP contribution in [0.15, 0.2) is 11.6 Å². The molecule has 0 unspecified atom stereocenters. The number of thiazole rings is 1. The highest BCUT2D eigenvalue weighted by Gasteiger charge is 2.45. The van der Waals surface area contributed by atoms with E-state index in [2.05, 4.69) is 4.98 Å². The van der Waals surface area contributed by atoms with Gasteiger partial charge in [-0.05, 0) is 12.8 Å². The lowest BCUT2D eigenvalue weighted by Gasteiger charge is -2.05. The highest BCUT2D eigenvalue weighted by Crippen LogP contribution is 2.47. The molecule has 0 saturated heterocycles. The maximum absolute atomic E-state index is 5.63. The van der Waals surface area contributed by atoms with Crippen LogP contribution in [0.1, 0.15) is 17.8 Å². The molecule has 1 fully saturated rings. The van der Waals surface area contributed by atoms with Gasteiger partial charge in [0.1, 0.15) is 0 Å².